The Morgan fingerprint density at radius 2 is 2.21 bits per heavy atom. The van der Waals surface area contributed by atoms with Crippen LogP contribution in [0.15, 0.2) is 29.3 Å². The summed E-state index contributed by atoms with van der Waals surface area (Å²) in [6.45, 7) is 5.23. The molecule has 1 aromatic carbocycles. The summed E-state index contributed by atoms with van der Waals surface area (Å²) in [6, 6.07) is 7.79. The lowest BCUT2D eigenvalue weighted by molar-refractivity contribution is 0.187. The number of guanidine groups is 1. The van der Waals surface area contributed by atoms with E-state index in [0.29, 0.717) is 5.96 Å². The van der Waals surface area contributed by atoms with Crippen LogP contribution in [-0.4, -0.2) is 24.2 Å². The molecule has 0 aromatic heterocycles. The molecule has 0 bridgehead atoms. The molecule has 1 rings (SSSR count). The Bertz CT molecular complexity index is 396. The molecule has 0 saturated heterocycles. The van der Waals surface area contributed by atoms with Gasteiger partial charge in [0.05, 0.1) is 12.6 Å². The number of hydrogen-bond acceptors (Lipinski definition) is 2. The van der Waals surface area contributed by atoms with E-state index in [1.807, 2.05) is 31.2 Å². The number of nitrogens with one attached hydrogen (secondary N) is 1. The topological polar surface area (TPSA) is 70.6 Å². The first-order valence-corrected chi connectivity index (χ1v) is 6.42. The van der Waals surface area contributed by atoms with Crippen molar-refractivity contribution in [1.82, 2.24) is 5.32 Å². The molecule has 0 aliphatic rings. The Morgan fingerprint density at radius 3 is 2.84 bits per heavy atom. The summed E-state index contributed by atoms with van der Waals surface area (Å²) in [7, 11) is 0. The van der Waals surface area contributed by atoms with Crippen molar-refractivity contribution in [3.63, 3.8) is 0 Å². The molecule has 0 amide bonds. The molecular formula is C14H24IN3O. The van der Waals surface area contributed by atoms with Gasteiger partial charge in [-0.05, 0) is 18.9 Å². The van der Waals surface area contributed by atoms with Crippen molar-refractivity contribution in [2.75, 3.05) is 13.1 Å². The van der Waals surface area contributed by atoms with E-state index in [1.54, 1.807) is 0 Å². The van der Waals surface area contributed by atoms with Gasteiger partial charge in [-0.2, -0.15) is 0 Å². The van der Waals surface area contributed by atoms with Crippen LogP contribution in [0.5, 0.6) is 0 Å². The van der Waals surface area contributed by atoms with Crippen LogP contribution >= 0.6 is 24.0 Å². The number of hydrogen-bond donors (Lipinski definition) is 3. The molecule has 0 heterocycles. The summed E-state index contributed by atoms with van der Waals surface area (Å²) in [6.07, 6.45) is 1.58. The highest BCUT2D eigenvalue weighted by atomic mass is 127. The first-order chi connectivity index (χ1) is 8.63. The lowest BCUT2D eigenvalue weighted by atomic mass is 10.1. The summed E-state index contributed by atoms with van der Waals surface area (Å²) < 4.78 is 0. The first-order valence-electron chi connectivity index (χ1n) is 6.42. The van der Waals surface area contributed by atoms with Crippen LogP contribution in [0.4, 0.5) is 0 Å². The number of aliphatic imine (C=N–C) groups is 1. The fourth-order valence-electron chi connectivity index (χ4n) is 1.62. The second-order valence-corrected chi connectivity index (χ2v) is 4.44. The molecule has 1 aromatic rings. The van der Waals surface area contributed by atoms with Gasteiger partial charge in [-0.1, -0.05) is 43.2 Å². The van der Waals surface area contributed by atoms with Crippen molar-refractivity contribution >= 4 is 29.9 Å². The van der Waals surface area contributed by atoms with Crippen molar-refractivity contribution in [1.29, 1.82) is 0 Å². The van der Waals surface area contributed by atoms with Gasteiger partial charge in [0.1, 0.15) is 0 Å². The van der Waals surface area contributed by atoms with E-state index in [2.05, 4.69) is 17.2 Å². The van der Waals surface area contributed by atoms with E-state index >= 15 is 0 Å². The average Bonchev–Trinajstić information content (AvgIpc) is 2.36. The smallest absolute Gasteiger partial charge is 0.188 e. The molecule has 5 heteroatoms. The normalized spacial score (nSPS) is 12.7. The Labute approximate surface area is 132 Å². The van der Waals surface area contributed by atoms with Gasteiger partial charge in [-0.25, -0.2) is 0 Å². The van der Waals surface area contributed by atoms with Gasteiger partial charge in [-0.15, -0.1) is 24.0 Å². The lowest BCUT2D eigenvalue weighted by Gasteiger charge is -2.10. The Hall–Kier alpha value is -0.820. The zero-order valence-electron chi connectivity index (χ0n) is 11.6. The van der Waals surface area contributed by atoms with Gasteiger partial charge in [0.25, 0.3) is 0 Å². The highest BCUT2D eigenvalue weighted by molar-refractivity contribution is 14.0. The molecule has 0 aliphatic carbocycles. The number of aliphatic hydroxyl groups excluding tert-OH is 1. The second-order valence-electron chi connectivity index (χ2n) is 4.44. The Kier molecular flexibility index (Phi) is 9.59. The minimum atomic E-state index is -0.601. The maximum Gasteiger partial charge on any atom is 0.188 e. The predicted molar refractivity (Wildman–Crippen MR) is 91.0 cm³/mol. The minimum absolute atomic E-state index is 0. The van der Waals surface area contributed by atoms with Crippen LogP contribution in [0.2, 0.25) is 0 Å². The molecule has 19 heavy (non-hydrogen) atoms. The Morgan fingerprint density at radius 1 is 1.47 bits per heavy atom. The second kappa shape index (κ2) is 10.0. The number of nitrogens with zero attached hydrogens (tertiary/aromatic N) is 1. The third-order valence-corrected chi connectivity index (χ3v) is 2.70. The molecular weight excluding hydrogens is 353 g/mol. The van der Waals surface area contributed by atoms with Crippen LogP contribution in [0.25, 0.3) is 0 Å². The van der Waals surface area contributed by atoms with Crippen LogP contribution in [0.1, 0.15) is 37.0 Å². The number of rotatable bonds is 6. The largest absolute Gasteiger partial charge is 0.386 e. The highest BCUT2D eigenvalue weighted by Crippen LogP contribution is 2.14. The van der Waals surface area contributed by atoms with E-state index in [-0.39, 0.29) is 30.5 Å². The van der Waals surface area contributed by atoms with E-state index in [1.165, 1.54) is 0 Å². The van der Waals surface area contributed by atoms with Gasteiger partial charge in [0.15, 0.2) is 5.96 Å². The summed E-state index contributed by atoms with van der Waals surface area (Å²) in [5, 5.41) is 13.0. The van der Waals surface area contributed by atoms with Crippen LogP contribution < -0.4 is 11.1 Å². The van der Waals surface area contributed by atoms with Crippen molar-refractivity contribution in [2.24, 2.45) is 10.7 Å². The minimum Gasteiger partial charge on any atom is -0.386 e. The molecule has 0 radical (unpaired) electrons. The van der Waals surface area contributed by atoms with E-state index in [0.717, 1.165) is 30.5 Å². The monoisotopic (exact) mass is 377 g/mol. The predicted octanol–water partition coefficient (Wildman–Crippen LogP) is 2.35. The molecule has 1 unspecified atom stereocenters. The quantitative estimate of drug-likeness (QED) is 0.309. The fraction of sp³-hybridized carbons (Fsp3) is 0.500. The van der Waals surface area contributed by atoms with Crippen molar-refractivity contribution in [3.8, 4) is 0 Å². The Balaban J connectivity index is 0.00000324. The summed E-state index contributed by atoms with van der Waals surface area (Å²) in [4.78, 5) is 4.14. The number of benzene rings is 1. The average molecular weight is 377 g/mol. The van der Waals surface area contributed by atoms with Crippen LogP contribution in [-0.2, 0) is 0 Å². The molecule has 108 valence electrons. The summed E-state index contributed by atoms with van der Waals surface area (Å²) >= 11 is 0. The zero-order chi connectivity index (χ0) is 13.4. The first kappa shape index (κ1) is 18.2. The summed E-state index contributed by atoms with van der Waals surface area (Å²) in [5.74, 6) is 0.398. The van der Waals surface area contributed by atoms with E-state index < -0.39 is 6.10 Å². The molecule has 4 N–H and O–H groups in total. The number of aryl methyl sites for hydroxylation is 1. The molecule has 1 atom stereocenters. The molecule has 4 nitrogen and oxygen atoms in total. The van der Waals surface area contributed by atoms with Crippen LogP contribution in [0, 0.1) is 6.92 Å². The van der Waals surface area contributed by atoms with E-state index in [9.17, 15) is 5.11 Å². The molecule has 0 fully saturated rings. The zero-order valence-corrected chi connectivity index (χ0v) is 13.9. The van der Waals surface area contributed by atoms with Gasteiger partial charge < -0.3 is 16.2 Å². The number of unbranched alkanes of at least 4 members (excludes halogenated alkanes) is 1. The standard InChI is InChI=1S/C14H23N3O.HI/c1-3-4-8-16-14(15)17-10-13(18)12-7-5-6-11(2)9-12;/h5-7,9,13,18H,3-4,8,10H2,1-2H3,(H3,15,16,17);1H. The number of aliphatic hydroxyl groups is 1. The molecule has 0 saturated carbocycles. The molecule has 0 aliphatic heterocycles. The maximum absolute atomic E-state index is 9.98. The summed E-state index contributed by atoms with van der Waals surface area (Å²) in [5.41, 5.74) is 7.70. The molecule has 0 spiro atoms. The van der Waals surface area contributed by atoms with Crippen molar-refractivity contribution in [3.05, 3.63) is 35.4 Å². The van der Waals surface area contributed by atoms with Gasteiger partial charge in [0.2, 0.25) is 0 Å². The fourth-order valence-corrected chi connectivity index (χ4v) is 1.62. The lowest BCUT2D eigenvalue weighted by Crippen LogP contribution is -2.32. The van der Waals surface area contributed by atoms with Gasteiger partial charge in [0, 0.05) is 6.54 Å². The van der Waals surface area contributed by atoms with Gasteiger partial charge >= 0.3 is 0 Å². The van der Waals surface area contributed by atoms with Crippen LogP contribution in [0.3, 0.4) is 0 Å². The highest BCUT2D eigenvalue weighted by Gasteiger charge is 2.06. The van der Waals surface area contributed by atoms with E-state index in [4.69, 9.17) is 5.73 Å². The number of halogens is 1. The van der Waals surface area contributed by atoms with Gasteiger partial charge in [-0.3, -0.25) is 4.99 Å². The number of nitrogens with two attached hydrogens (primary N) is 1. The SMILES string of the molecule is CCCCNC(N)=NCC(O)c1cccc(C)c1.I. The third-order valence-electron chi connectivity index (χ3n) is 2.70. The maximum atomic E-state index is 9.98. The van der Waals surface area contributed by atoms with Crippen molar-refractivity contribution in [2.45, 2.75) is 32.8 Å². The van der Waals surface area contributed by atoms with Crippen molar-refractivity contribution < 1.29 is 5.11 Å². The third kappa shape index (κ3) is 7.37.